The second kappa shape index (κ2) is 8.95. The molecule has 2 N–H and O–H groups in total. The number of rotatable bonds is 9. The van der Waals surface area contributed by atoms with E-state index in [0.717, 1.165) is 12.3 Å². The van der Waals surface area contributed by atoms with E-state index in [9.17, 15) is 0 Å². The number of nitrogens with one attached hydrogen (secondary N) is 1. The second-order valence-electron chi connectivity index (χ2n) is 5.23. The third-order valence-corrected chi connectivity index (χ3v) is 3.09. The maximum atomic E-state index is 8.85. The van der Waals surface area contributed by atoms with E-state index >= 15 is 0 Å². The molecule has 1 unspecified atom stereocenters. The topological polar surface area (TPSA) is 50.7 Å². The second-order valence-corrected chi connectivity index (χ2v) is 5.23. The number of aliphatic hydroxyl groups excluding tert-OH is 1. The van der Waals surface area contributed by atoms with Crippen molar-refractivity contribution < 1.29 is 14.6 Å². The molecule has 0 saturated carbocycles. The molecule has 0 fully saturated rings. The Morgan fingerprint density at radius 3 is 2.35 bits per heavy atom. The standard InChI is InChI=1S/C16H27NO3/c1-12-9-13(2)16(14(3)10-12)20-8-7-19-6-5-17-15(4)11-18/h9-10,15,17-18H,5-8,11H2,1-4H3. The van der Waals surface area contributed by atoms with Crippen molar-refractivity contribution in [2.45, 2.75) is 33.7 Å². The van der Waals surface area contributed by atoms with Crippen molar-refractivity contribution >= 4 is 0 Å². The first-order valence-corrected chi connectivity index (χ1v) is 7.17. The third kappa shape index (κ3) is 5.90. The smallest absolute Gasteiger partial charge is 0.125 e. The number of aliphatic hydroxyl groups is 1. The molecule has 4 heteroatoms. The van der Waals surface area contributed by atoms with Gasteiger partial charge < -0.3 is 19.9 Å². The van der Waals surface area contributed by atoms with Crippen LogP contribution < -0.4 is 10.1 Å². The highest BCUT2D eigenvalue weighted by Crippen LogP contribution is 2.24. The Morgan fingerprint density at radius 1 is 1.10 bits per heavy atom. The fourth-order valence-electron chi connectivity index (χ4n) is 2.14. The van der Waals surface area contributed by atoms with Crippen molar-refractivity contribution in [2.75, 3.05) is 33.0 Å². The van der Waals surface area contributed by atoms with Gasteiger partial charge in [0.1, 0.15) is 12.4 Å². The first kappa shape index (κ1) is 17.0. The Morgan fingerprint density at radius 2 is 1.75 bits per heavy atom. The molecule has 114 valence electrons. The zero-order chi connectivity index (χ0) is 15.0. The summed E-state index contributed by atoms with van der Waals surface area (Å²) < 4.78 is 11.3. The fourth-order valence-corrected chi connectivity index (χ4v) is 2.14. The predicted octanol–water partition coefficient (Wildman–Crippen LogP) is 1.98. The first-order chi connectivity index (χ1) is 9.54. The highest BCUT2D eigenvalue weighted by atomic mass is 16.5. The Labute approximate surface area is 122 Å². The average Bonchev–Trinajstić information content (AvgIpc) is 2.39. The van der Waals surface area contributed by atoms with E-state index in [4.69, 9.17) is 14.6 Å². The van der Waals surface area contributed by atoms with Crippen molar-refractivity contribution in [2.24, 2.45) is 0 Å². The SMILES string of the molecule is Cc1cc(C)c(OCCOCCNC(C)CO)c(C)c1. The van der Waals surface area contributed by atoms with Gasteiger partial charge in [0, 0.05) is 12.6 Å². The predicted molar refractivity (Wildman–Crippen MR) is 81.5 cm³/mol. The van der Waals surface area contributed by atoms with Crippen LogP contribution in [0.5, 0.6) is 5.75 Å². The fraction of sp³-hybridized carbons (Fsp3) is 0.625. The Balaban J connectivity index is 2.19. The van der Waals surface area contributed by atoms with Crippen molar-refractivity contribution in [3.8, 4) is 5.75 Å². The molecule has 0 heterocycles. The van der Waals surface area contributed by atoms with E-state index < -0.39 is 0 Å². The van der Waals surface area contributed by atoms with Crippen LogP contribution in [0, 0.1) is 20.8 Å². The summed E-state index contributed by atoms with van der Waals surface area (Å²) in [5.41, 5.74) is 3.59. The molecule has 0 aliphatic heterocycles. The monoisotopic (exact) mass is 281 g/mol. The van der Waals surface area contributed by atoms with Crippen LogP contribution in [0.2, 0.25) is 0 Å². The molecule has 1 aromatic carbocycles. The first-order valence-electron chi connectivity index (χ1n) is 7.17. The molecule has 0 aliphatic carbocycles. The van der Waals surface area contributed by atoms with Gasteiger partial charge in [0.25, 0.3) is 0 Å². The molecule has 0 spiro atoms. The van der Waals surface area contributed by atoms with E-state index in [2.05, 4.69) is 38.2 Å². The summed E-state index contributed by atoms with van der Waals surface area (Å²) in [7, 11) is 0. The summed E-state index contributed by atoms with van der Waals surface area (Å²) in [4.78, 5) is 0. The Hall–Kier alpha value is -1.10. The lowest BCUT2D eigenvalue weighted by atomic mass is 10.1. The van der Waals surface area contributed by atoms with Crippen LogP contribution in [0.1, 0.15) is 23.6 Å². The van der Waals surface area contributed by atoms with Crippen LogP contribution in [0.3, 0.4) is 0 Å². The zero-order valence-corrected chi connectivity index (χ0v) is 13.0. The summed E-state index contributed by atoms with van der Waals surface area (Å²) in [6.45, 7) is 10.8. The van der Waals surface area contributed by atoms with E-state index in [1.54, 1.807) is 0 Å². The van der Waals surface area contributed by atoms with E-state index in [1.165, 1.54) is 16.7 Å². The normalized spacial score (nSPS) is 12.4. The third-order valence-electron chi connectivity index (χ3n) is 3.09. The van der Waals surface area contributed by atoms with Gasteiger partial charge in [0.15, 0.2) is 0 Å². The van der Waals surface area contributed by atoms with Gasteiger partial charge in [-0.3, -0.25) is 0 Å². The Bertz CT molecular complexity index is 384. The van der Waals surface area contributed by atoms with Gasteiger partial charge in [-0.2, -0.15) is 0 Å². The molecule has 20 heavy (non-hydrogen) atoms. The quantitative estimate of drug-likeness (QED) is 0.680. The number of hydrogen-bond donors (Lipinski definition) is 2. The number of hydrogen-bond acceptors (Lipinski definition) is 4. The summed E-state index contributed by atoms with van der Waals surface area (Å²) in [6, 6.07) is 4.37. The van der Waals surface area contributed by atoms with Crippen LogP contribution in [0.15, 0.2) is 12.1 Å². The molecule has 1 rings (SSSR count). The summed E-state index contributed by atoms with van der Waals surface area (Å²) >= 11 is 0. The molecule has 0 radical (unpaired) electrons. The molecule has 0 amide bonds. The van der Waals surface area contributed by atoms with Gasteiger partial charge in [0.05, 0.1) is 19.8 Å². The minimum atomic E-state index is 0.118. The van der Waals surface area contributed by atoms with Gasteiger partial charge >= 0.3 is 0 Å². The number of benzene rings is 1. The molecule has 0 aliphatic rings. The average molecular weight is 281 g/mol. The van der Waals surface area contributed by atoms with Gasteiger partial charge in [-0.25, -0.2) is 0 Å². The maximum Gasteiger partial charge on any atom is 0.125 e. The number of aryl methyl sites for hydroxylation is 3. The zero-order valence-electron chi connectivity index (χ0n) is 13.0. The molecule has 1 atom stereocenters. The van der Waals surface area contributed by atoms with E-state index in [1.807, 2.05) is 6.92 Å². The lowest BCUT2D eigenvalue weighted by Gasteiger charge is -2.14. The molecule has 4 nitrogen and oxygen atoms in total. The van der Waals surface area contributed by atoms with Crippen LogP contribution in [-0.2, 0) is 4.74 Å². The highest BCUT2D eigenvalue weighted by molar-refractivity contribution is 5.42. The molecular formula is C16H27NO3. The molecule has 0 saturated heterocycles. The van der Waals surface area contributed by atoms with Gasteiger partial charge in [-0.1, -0.05) is 17.7 Å². The minimum Gasteiger partial charge on any atom is -0.491 e. The lowest BCUT2D eigenvalue weighted by Crippen LogP contribution is -2.32. The summed E-state index contributed by atoms with van der Waals surface area (Å²) in [5.74, 6) is 0.964. The van der Waals surface area contributed by atoms with E-state index in [-0.39, 0.29) is 12.6 Å². The number of ether oxygens (including phenoxy) is 2. The molecule has 0 aromatic heterocycles. The van der Waals surface area contributed by atoms with Crippen LogP contribution in [0.4, 0.5) is 0 Å². The molecule has 1 aromatic rings. The Kier molecular flexibility index (Phi) is 7.59. The highest BCUT2D eigenvalue weighted by Gasteiger charge is 2.04. The summed E-state index contributed by atoms with van der Waals surface area (Å²) in [5, 5.41) is 12.0. The lowest BCUT2D eigenvalue weighted by molar-refractivity contribution is 0.0984. The van der Waals surface area contributed by atoms with E-state index in [0.29, 0.717) is 19.8 Å². The minimum absolute atomic E-state index is 0.118. The van der Waals surface area contributed by atoms with Crippen molar-refractivity contribution in [3.63, 3.8) is 0 Å². The van der Waals surface area contributed by atoms with Gasteiger partial charge in [-0.15, -0.1) is 0 Å². The van der Waals surface area contributed by atoms with Crippen molar-refractivity contribution in [1.82, 2.24) is 5.32 Å². The van der Waals surface area contributed by atoms with Crippen LogP contribution in [0.25, 0.3) is 0 Å². The summed E-state index contributed by atoms with van der Waals surface area (Å²) in [6.07, 6.45) is 0. The van der Waals surface area contributed by atoms with Crippen LogP contribution in [-0.4, -0.2) is 44.1 Å². The molecular weight excluding hydrogens is 254 g/mol. The van der Waals surface area contributed by atoms with Crippen molar-refractivity contribution in [3.05, 3.63) is 28.8 Å². The van der Waals surface area contributed by atoms with Crippen LogP contribution >= 0.6 is 0 Å². The van der Waals surface area contributed by atoms with Gasteiger partial charge in [-0.05, 0) is 38.8 Å². The molecule has 0 bridgehead atoms. The maximum absolute atomic E-state index is 8.85. The van der Waals surface area contributed by atoms with Gasteiger partial charge in [0.2, 0.25) is 0 Å². The van der Waals surface area contributed by atoms with Crippen molar-refractivity contribution in [1.29, 1.82) is 0 Å². The largest absolute Gasteiger partial charge is 0.491 e.